The number of ether oxygens (including phenoxy) is 2. The summed E-state index contributed by atoms with van der Waals surface area (Å²) in [6.45, 7) is 6.81. The summed E-state index contributed by atoms with van der Waals surface area (Å²) < 4.78 is 24.4. The smallest absolute Gasteiger partial charge is 0.270 e. The zero-order chi connectivity index (χ0) is 27.6. The maximum atomic E-state index is 13.5. The highest BCUT2D eigenvalue weighted by Crippen LogP contribution is 2.27. The zero-order valence-corrected chi connectivity index (χ0v) is 23.9. The van der Waals surface area contributed by atoms with Gasteiger partial charge in [0.2, 0.25) is 0 Å². The number of aromatic nitrogens is 1. The Kier molecular flexibility index (Phi) is 10.7. The molecular formula is C30H39FN4O3S. The largest absolute Gasteiger partial charge is 0.497 e. The third-order valence-electron chi connectivity index (χ3n) is 7.20. The first kappa shape index (κ1) is 29.0. The molecule has 1 atom stereocenters. The summed E-state index contributed by atoms with van der Waals surface area (Å²) in [7, 11) is 3.27. The summed E-state index contributed by atoms with van der Waals surface area (Å²) in [6, 6.07) is 12.9. The molecule has 3 aromatic rings. The lowest BCUT2D eigenvalue weighted by Crippen LogP contribution is -2.39. The number of hydrogen-bond donors (Lipinski definition) is 1. The van der Waals surface area contributed by atoms with E-state index in [1.807, 2.05) is 23.6 Å². The molecule has 0 saturated carbocycles. The first-order valence-electron chi connectivity index (χ1n) is 13.6. The van der Waals surface area contributed by atoms with Crippen molar-refractivity contribution in [3.05, 3.63) is 75.5 Å². The van der Waals surface area contributed by atoms with Crippen molar-refractivity contribution >= 4 is 17.2 Å². The van der Waals surface area contributed by atoms with Gasteiger partial charge in [0, 0.05) is 49.2 Å². The van der Waals surface area contributed by atoms with Crippen LogP contribution >= 0.6 is 11.3 Å². The number of carbonyl (C=O) groups excluding carboxylic acids is 1. The van der Waals surface area contributed by atoms with Crippen molar-refractivity contribution in [3.8, 4) is 11.5 Å². The number of benzene rings is 2. The van der Waals surface area contributed by atoms with Crippen molar-refractivity contribution < 1.29 is 18.7 Å². The number of thiazole rings is 1. The Morgan fingerprint density at radius 1 is 1.13 bits per heavy atom. The molecule has 0 spiro atoms. The number of rotatable bonds is 13. The van der Waals surface area contributed by atoms with Gasteiger partial charge in [-0.2, -0.15) is 0 Å². The maximum absolute atomic E-state index is 13.5. The second-order valence-electron chi connectivity index (χ2n) is 10.1. The monoisotopic (exact) mass is 554 g/mol. The van der Waals surface area contributed by atoms with Crippen molar-refractivity contribution in [3.63, 3.8) is 0 Å². The van der Waals surface area contributed by atoms with Gasteiger partial charge in [0.25, 0.3) is 5.91 Å². The fraction of sp³-hybridized carbons (Fsp3) is 0.467. The summed E-state index contributed by atoms with van der Waals surface area (Å²) in [5, 5.41) is 5.70. The molecule has 9 heteroatoms. The van der Waals surface area contributed by atoms with Crippen molar-refractivity contribution in [2.45, 2.75) is 58.3 Å². The second kappa shape index (κ2) is 14.4. The van der Waals surface area contributed by atoms with E-state index < -0.39 is 0 Å². The van der Waals surface area contributed by atoms with Crippen molar-refractivity contribution in [1.82, 2.24) is 20.1 Å². The molecule has 39 heavy (non-hydrogen) atoms. The second-order valence-corrected chi connectivity index (χ2v) is 11.0. The number of nitrogens with one attached hydrogen (secondary N) is 1. The molecule has 1 aliphatic rings. The lowest BCUT2D eigenvalue weighted by atomic mass is 10.0. The molecule has 2 aromatic carbocycles. The van der Waals surface area contributed by atoms with Gasteiger partial charge in [0.15, 0.2) is 0 Å². The average Bonchev–Trinajstić information content (AvgIpc) is 3.42. The van der Waals surface area contributed by atoms with Gasteiger partial charge in [0.05, 0.1) is 20.8 Å². The van der Waals surface area contributed by atoms with Crippen LogP contribution in [0.25, 0.3) is 0 Å². The van der Waals surface area contributed by atoms with Crippen LogP contribution in [0.5, 0.6) is 11.5 Å². The standard InChI is InChI=1S/C30H39FN4O3S/c1-22-7-4-5-15-35(22)16-6-14-32-30(36)27-21-39-29(33-27)20-34(18-23-8-11-25(31)12-9-23)19-24-10-13-26(37-2)17-28(24)38-3/h8-13,17,21-22H,4-7,14-16,18-20H2,1-3H3,(H,32,36). The van der Waals surface area contributed by atoms with Crippen LogP contribution in [-0.2, 0) is 19.6 Å². The summed E-state index contributed by atoms with van der Waals surface area (Å²) in [4.78, 5) is 22.1. The number of nitrogens with zero attached hydrogens (tertiary/aromatic N) is 3. The van der Waals surface area contributed by atoms with Gasteiger partial charge in [-0.3, -0.25) is 9.69 Å². The van der Waals surface area contributed by atoms with Crippen LogP contribution in [0.4, 0.5) is 4.39 Å². The van der Waals surface area contributed by atoms with Gasteiger partial charge in [-0.05, 0) is 56.5 Å². The van der Waals surface area contributed by atoms with Crippen LogP contribution in [0.3, 0.4) is 0 Å². The number of hydrogen-bond acceptors (Lipinski definition) is 7. The summed E-state index contributed by atoms with van der Waals surface area (Å²) in [6.07, 6.45) is 4.77. The Morgan fingerprint density at radius 2 is 1.95 bits per heavy atom. The van der Waals surface area contributed by atoms with E-state index in [-0.39, 0.29) is 11.7 Å². The van der Waals surface area contributed by atoms with Crippen LogP contribution in [0.2, 0.25) is 0 Å². The van der Waals surface area contributed by atoms with Crippen molar-refractivity contribution in [2.75, 3.05) is 33.9 Å². The average molecular weight is 555 g/mol. The molecule has 1 aliphatic heterocycles. The van der Waals surface area contributed by atoms with Gasteiger partial charge in [0.1, 0.15) is 28.0 Å². The molecule has 0 radical (unpaired) electrons. The first-order valence-corrected chi connectivity index (χ1v) is 14.5. The quantitative estimate of drug-likeness (QED) is 0.282. The number of halogens is 1. The lowest BCUT2D eigenvalue weighted by molar-refractivity contribution is 0.0944. The molecule has 2 heterocycles. The molecule has 0 bridgehead atoms. The molecule has 1 N–H and O–H groups in total. The molecular weight excluding hydrogens is 515 g/mol. The predicted molar refractivity (Wildman–Crippen MR) is 153 cm³/mol. The summed E-state index contributed by atoms with van der Waals surface area (Å²) >= 11 is 1.47. The fourth-order valence-electron chi connectivity index (χ4n) is 4.98. The molecule has 1 amide bonds. The van der Waals surface area contributed by atoms with Crippen LogP contribution in [0, 0.1) is 5.82 Å². The third kappa shape index (κ3) is 8.49. The minimum Gasteiger partial charge on any atom is -0.497 e. The van der Waals surface area contributed by atoms with Gasteiger partial charge in [-0.1, -0.05) is 24.6 Å². The molecule has 0 aliphatic carbocycles. The Morgan fingerprint density at radius 3 is 2.69 bits per heavy atom. The van der Waals surface area contributed by atoms with E-state index in [1.165, 1.54) is 42.7 Å². The van der Waals surface area contributed by atoms with E-state index in [2.05, 4.69) is 27.0 Å². The third-order valence-corrected chi connectivity index (χ3v) is 8.03. The highest BCUT2D eigenvalue weighted by molar-refractivity contribution is 7.09. The van der Waals surface area contributed by atoms with E-state index in [0.29, 0.717) is 37.9 Å². The normalized spacial score (nSPS) is 15.9. The minimum atomic E-state index is -0.261. The number of likely N-dealkylation sites (tertiary alicyclic amines) is 1. The van der Waals surface area contributed by atoms with E-state index >= 15 is 0 Å². The number of amides is 1. The number of carbonyl (C=O) groups is 1. The van der Waals surface area contributed by atoms with Crippen molar-refractivity contribution in [1.29, 1.82) is 0 Å². The van der Waals surface area contributed by atoms with E-state index in [1.54, 1.807) is 26.4 Å². The van der Waals surface area contributed by atoms with Gasteiger partial charge < -0.3 is 19.7 Å². The van der Waals surface area contributed by atoms with Crippen LogP contribution in [0.15, 0.2) is 47.8 Å². The Balaban J connectivity index is 1.38. The topological polar surface area (TPSA) is 66.9 Å². The molecule has 7 nitrogen and oxygen atoms in total. The lowest BCUT2D eigenvalue weighted by Gasteiger charge is -2.33. The molecule has 1 aromatic heterocycles. The molecule has 1 unspecified atom stereocenters. The SMILES string of the molecule is COc1ccc(CN(Cc2ccc(F)cc2)Cc2nc(C(=O)NCCCN3CCCCC3C)cs2)c(OC)c1. The molecule has 1 fully saturated rings. The number of piperidine rings is 1. The van der Waals surface area contributed by atoms with Crippen molar-refractivity contribution in [2.24, 2.45) is 0 Å². The zero-order valence-electron chi connectivity index (χ0n) is 23.1. The molecule has 4 rings (SSSR count). The Labute approximate surface area is 234 Å². The first-order chi connectivity index (χ1) is 18.9. The predicted octanol–water partition coefficient (Wildman–Crippen LogP) is 5.50. The van der Waals surface area contributed by atoms with E-state index in [9.17, 15) is 9.18 Å². The van der Waals surface area contributed by atoms with Gasteiger partial charge in [-0.25, -0.2) is 9.37 Å². The summed E-state index contributed by atoms with van der Waals surface area (Å²) in [5.74, 6) is 1.06. The highest BCUT2D eigenvalue weighted by Gasteiger charge is 2.19. The molecule has 1 saturated heterocycles. The Hall–Kier alpha value is -3.01. The van der Waals surface area contributed by atoms with Crippen LogP contribution in [0.1, 0.15) is 59.2 Å². The van der Waals surface area contributed by atoms with E-state index in [0.717, 1.165) is 47.1 Å². The summed E-state index contributed by atoms with van der Waals surface area (Å²) in [5.41, 5.74) is 2.43. The maximum Gasteiger partial charge on any atom is 0.270 e. The Bertz CT molecular complexity index is 1200. The van der Waals surface area contributed by atoms with E-state index in [4.69, 9.17) is 9.47 Å². The fourth-order valence-corrected chi connectivity index (χ4v) is 5.80. The highest BCUT2D eigenvalue weighted by atomic mass is 32.1. The van der Waals surface area contributed by atoms with Crippen LogP contribution < -0.4 is 14.8 Å². The number of methoxy groups -OCH3 is 2. The van der Waals surface area contributed by atoms with Gasteiger partial charge in [-0.15, -0.1) is 11.3 Å². The van der Waals surface area contributed by atoms with Crippen LogP contribution in [-0.4, -0.2) is 60.6 Å². The molecule has 210 valence electrons. The minimum absolute atomic E-state index is 0.133. The van der Waals surface area contributed by atoms with Gasteiger partial charge >= 0.3 is 0 Å².